The fraction of sp³-hybridized carbons (Fsp3) is 0.0385. The van der Waals surface area contributed by atoms with Crippen molar-refractivity contribution in [1.29, 1.82) is 0 Å². The second-order valence-corrected chi connectivity index (χ2v) is 8.03. The molecule has 36 heavy (non-hydrogen) atoms. The molecule has 0 unspecified atom stereocenters. The van der Waals surface area contributed by atoms with Crippen LogP contribution in [-0.4, -0.2) is 21.2 Å². The summed E-state index contributed by atoms with van der Waals surface area (Å²) in [6.07, 6.45) is -1.12. The van der Waals surface area contributed by atoms with Crippen molar-refractivity contribution in [2.24, 2.45) is 5.73 Å². The van der Waals surface area contributed by atoms with Gasteiger partial charge in [0.15, 0.2) is 5.82 Å². The Morgan fingerprint density at radius 2 is 1.64 bits per heavy atom. The number of primary amides is 1. The van der Waals surface area contributed by atoms with Crippen LogP contribution in [0.3, 0.4) is 0 Å². The summed E-state index contributed by atoms with van der Waals surface area (Å²) in [6.45, 7) is 0. The number of nitrogens with zero attached hydrogens (tertiary/aromatic N) is 3. The van der Waals surface area contributed by atoms with Crippen molar-refractivity contribution in [3.63, 3.8) is 0 Å². The van der Waals surface area contributed by atoms with Gasteiger partial charge in [-0.25, -0.2) is 4.79 Å². The monoisotopic (exact) mass is 488 g/mol. The Bertz CT molecular complexity index is 1560. The van der Waals surface area contributed by atoms with Crippen LogP contribution >= 0.6 is 0 Å². The van der Waals surface area contributed by atoms with Crippen LogP contribution in [0.25, 0.3) is 33.2 Å². The lowest BCUT2D eigenvalue weighted by Gasteiger charge is -2.22. The van der Waals surface area contributed by atoms with Gasteiger partial charge in [0.1, 0.15) is 0 Å². The summed E-state index contributed by atoms with van der Waals surface area (Å²) in [5.41, 5.74) is 15.2. The molecule has 2 heterocycles. The highest BCUT2D eigenvalue weighted by Crippen LogP contribution is 2.38. The van der Waals surface area contributed by atoms with Crippen molar-refractivity contribution in [1.82, 2.24) is 15.2 Å². The molecule has 0 spiro atoms. The number of fused-ring (bicyclic) bond motifs is 1. The highest BCUT2D eigenvalue weighted by atomic mass is 19.4. The lowest BCUT2D eigenvalue weighted by atomic mass is 9.96. The number of rotatable bonds is 4. The van der Waals surface area contributed by atoms with Gasteiger partial charge in [0.25, 0.3) is 0 Å². The standard InChI is InChI=1S/C26H19F3N6O/c27-26(28,29)17-4-1-5-19(13-17)35(25(31)36)18-8-6-15(7-9-18)20-10-11-21(16-3-2-12-32-14-16)23-22(20)24(30)34-33-23/h1-14H,(H2,31,36)(H3,30,33,34). The Morgan fingerprint density at radius 1 is 0.889 bits per heavy atom. The highest BCUT2D eigenvalue weighted by Gasteiger charge is 2.31. The number of nitrogens with two attached hydrogens (primary N) is 2. The molecular weight excluding hydrogens is 469 g/mol. The van der Waals surface area contributed by atoms with Crippen molar-refractivity contribution in [2.45, 2.75) is 6.18 Å². The molecule has 0 aliphatic rings. The number of hydrogen-bond acceptors (Lipinski definition) is 4. The predicted octanol–water partition coefficient (Wildman–Crippen LogP) is 6.11. The molecule has 5 aromatic rings. The molecule has 0 aliphatic carbocycles. The molecule has 180 valence electrons. The van der Waals surface area contributed by atoms with E-state index in [4.69, 9.17) is 11.5 Å². The quantitative estimate of drug-likeness (QED) is 0.283. The van der Waals surface area contributed by atoms with Gasteiger partial charge in [-0.2, -0.15) is 18.3 Å². The molecule has 5 rings (SSSR count). The molecule has 10 heteroatoms. The third-order valence-electron chi connectivity index (χ3n) is 5.81. The number of urea groups is 1. The summed E-state index contributed by atoms with van der Waals surface area (Å²) in [4.78, 5) is 17.4. The molecule has 0 aliphatic heterocycles. The highest BCUT2D eigenvalue weighted by molar-refractivity contribution is 6.08. The largest absolute Gasteiger partial charge is 0.416 e. The molecule has 5 N–H and O–H groups in total. The van der Waals surface area contributed by atoms with Crippen molar-refractivity contribution in [2.75, 3.05) is 10.6 Å². The van der Waals surface area contributed by atoms with E-state index in [1.165, 1.54) is 12.1 Å². The number of carbonyl (C=O) groups excluding carboxylic acids is 1. The normalized spacial score (nSPS) is 11.5. The molecule has 0 saturated heterocycles. The van der Waals surface area contributed by atoms with E-state index in [2.05, 4.69) is 15.2 Å². The zero-order valence-corrected chi connectivity index (χ0v) is 18.6. The maximum absolute atomic E-state index is 13.2. The van der Waals surface area contributed by atoms with Crippen molar-refractivity contribution in [3.8, 4) is 22.3 Å². The Hall–Kier alpha value is -4.86. The van der Waals surface area contributed by atoms with Gasteiger partial charge in [0.2, 0.25) is 0 Å². The lowest BCUT2D eigenvalue weighted by Crippen LogP contribution is -2.31. The minimum absolute atomic E-state index is 0.00682. The van der Waals surface area contributed by atoms with Gasteiger partial charge >= 0.3 is 12.2 Å². The molecule has 0 bridgehead atoms. The number of alkyl halides is 3. The third kappa shape index (κ3) is 4.09. The summed E-state index contributed by atoms with van der Waals surface area (Å²) in [5, 5.41) is 7.88. The Morgan fingerprint density at radius 3 is 2.31 bits per heavy atom. The van der Waals surface area contributed by atoms with Crippen LogP contribution in [0.1, 0.15) is 5.56 Å². The first kappa shape index (κ1) is 22.9. The van der Waals surface area contributed by atoms with E-state index < -0.39 is 17.8 Å². The number of benzene rings is 3. The fourth-order valence-corrected chi connectivity index (χ4v) is 4.18. The summed E-state index contributed by atoms with van der Waals surface area (Å²) in [6, 6.07) is 17.8. The number of H-pyrrole nitrogens is 1. The summed E-state index contributed by atoms with van der Waals surface area (Å²) in [5.74, 6) is 0.317. The molecule has 0 radical (unpaired) electrons. The number of nitrogen functional groups attached to an aromatic ring is 1. The van der Waals surface area contributed by atoms with Crippen molar-refractivity contribution in [3.05, 3.63) is 90.8 Å². The van der Waals surface area contributed by atoms with E-state index in [1.807, 2.05) is 24.3 Å². The van der Waals surface area contributed by atoms with Crippen LogP contribution in [0.2, 0.25) is 0 Å². The van der Waals surface area contributed by atoms with Crippen LogP contribution in [0.5, 0.6) is 0 Å². The number of carbonyl (C=O) groups is 1. The second-order valence-electron chi connectivity index (χ2n) is 8.03. The number of aromatic nitrogens is 3. The Labute approximate surface area is 203 Å². The predicted molar refractivity (Wildman–Crippen MR) is 132 cm³/mol. The van der Waals surface area contributed by atoms with Crippen LogP contribution in [0.4, 0.5) is 35.2 Å². The minimum Gasteiger partial charge on any atom is -0.382 e. The summed E-state index contributed by atoms with van der Waals surface area (Å²) in [7, 11) is 0. The van der Waals surface area contributed by atoms with Crippen molar-refractivity contribution >= 4 is 34.1 Å². The Kier molecular flexibility index (Phi) is 5.56. The molecule has 0 fully saturated rings. The van der Waals surface area contributed by atoms with Crippen molar-refractivity contribution < 1.29 is 18.0 Å². The van der Waals surface area contributed by atoms with E-state index in [9.17, 15) is 18.0 Å². The first-order valence-corrected chi connectivity index (χ1v) is 10.8. The summed E-state index contributed by atoms with van der Waals surface area (Å²) < 4.78 is 39.6. The van der Waals surface area contributed by atoms with Gasteiger partial charge in [-0.05, 0) is 47.5 Å². The van der Waals surface area contributed by atoms with E-state index in [1.54, 1.807) is 36.7 Å². The van der Waals surface area contributed by atoms with Crippen LogP contribution in [0.15, 0.2) is 85.2 Å². The third-order valence-corrected chi connectivity index (χ3v) is 5.81. The van der Waals surface area contributed by atoms with Gasteiger partial charge in [-0.3, -0.25) is 15.0 Å². The zero-order valence-electron chi connectivity index (χ0n) is 18.6. The fourth-order valence-electron chi connectivity index (χ4n) is 4.18. The van der Waals surface area contributed by atoms with Gasteiger partial charge in [-0.1, -0.05) is 36.4 Å². The molecule has 3 aromatic carbocycles. The number of anilines is 3. The molecule has 0 saturated carbocycles. The molecule has 2 amide bonds. The number of aromatic amines is 1. The molecule has 0 atom stereocenters. The van der Waals surface area contributed by atoms with E-state index in [0.29, 0.717) is 16.9 Å². The number of nitrogens with one attached hydrogen (secondary N) is 1. The summed E-state index contributed by atoms with van der Waals surface area (Å²) >= 11 is 0. The number of pyridine rings is 1. The SMILES string of the molecule is NC(=O)N(c1ccc(-c2ccc(-c3cccnc3)c3[nH]nc(N)c23)cc1)c1cccc(C(F)(F)F)c1. The van der Waals surface area contributed by atoms with Gasteiger partial charge in [-0.15, -0.1) is 0 Å². The van der Waals surface area contributed by atoms with Gasteiger partial charge in [0.05, 0.1) is 27.8 Å². The first-order chi connectivity index (χ1) is 17.2. The van der Waals surface area contributed by atoms with Crippen LogP contribution < -0.4 is 16.4 Å². The average molecular weight is 488 g/mol. The van der Waals surface area contributed by atoms with Crippen LogP contribution in [-0.2, 0) is 6.18 Å². The number of amides is 2. The maximum atomic E-state index is 13.2. The van der Waals surface area contributed by atoms with Crippen LogP contribution in [0, 0.1) is 0 Å². The topological polar surface area (TPSA) is 114 Å². The number of halogens is 3. The molecular formula is C26H19F3N6O. The zero-order chi connectivity index (χ0) is 25.4. The van der Waals surface area contributed by atoms with Gasteiger partial charge in [0, 0.05) is 23.5 Å². The first-order valence-electron chi connectivity index (χ1n) is 10.8. The van der Waals surface area contributed by atoms with E-state index in [0.717, 1.165) is 44.8 Å². The maximum Gasteiger partial charge on any atom is 0.416 e. The van der Waals surface area contributed by atoms with Gasteiger partial charge < -0.3 is 11.5 Å². The Balaban J connectivity index is 1.55. The second kappa shape index (κ2) is 8.73. The average Bonchev–Trinajstić information content (AvgIpc) is 3.26. The van der Waals surface area contributed by atoms with E-state index in [-0.39, 0.29) is 5.69 Å². The molecule has 2 aromatic heterocycles. The number of hydrogen-bond donors (Lipinski definition) is 3. The minimum atomic E-state index is -4.55. The molecule has 7 nitrogen and oxygen atoms in total. The lowest BCUT2D eigenvalue weighted by molar-refractivity contribution is -0.137. The smallest absolute Gasteiger partial charge is 0.382 e. The van der Waals surface area contributed by atoms with E-state index >= 15 is 0 Å².